The molecule has 0 aliphatic rings. The number of nitrogens with two attached hydrogens (primary N) is 1. The number of rotatable bonds is 6. The molecular formula is C27H19N3O2S2. The molecule has 0 spiro atoms. The molecule has 1 amide bonds. The zero-order chi connectivity index (χ0) is 23.5. The molecule has 3 aromatic heterocycles. The van der Waals surface area contributed by atoms with Gasteiger partial charge in [-0.2, -0.15) is 0 Å². The van der Waals surface area contributed by atoms with E-state index in [0.29, 0.717) is 26.6 Å². The molecule has 5 nitrogen and oxygen atoms in total. The average molecular weight is 482 g/mol. The Morgan fingerprint density at radius 1 is 0.912 bits per heavy atom. The van der Waals surface area contributed by atoms with E-state index < -0.39 is 0 Å². The highest BCUT2D eigenvalue weighted by Gasteiger charge is 2.18. The zero-order valence-corrected chi connectivity index (χ0v) is 19.5. The van der Waals surface area contributed by atoms with Gasteiger partial charge < -0.3 is 11.1 Å². The Balaban J connectivity index is 1.32. The van der Waals surface area contributed by atoms with E-state index in [1.807, 2.05) is 60.0 Å². The number of pyridine rings is 1. The third kappa shape index (κ3) is 4.52. The Labute approximate surface area is 204 Å². The molecule has 0 aliphatic heterocycles. The molecule has 7 heteroatoms. The Bertz CT molecular complexity index is 1500. The first kappa shape index (κ1) is 21.8. The number of nitrogen functional groups attached to an aromatic ring is 1. The van der Waals surface area contributed by atoms with Crippen LogP contribution in [0.1, 0.15) is 24.9 Å². The minimum absolute atomic E-state index is 0.0969. The third-order valence-corrected chi connectivity index (χ3v) is 7.19. The van der Waals surface area contributed by atoms with Crippen LogP contribution in [0.15, 0.2) is 90.3 Å². The molecular weight excluding hydrogens is 462 g/mol. The minimum Gasteiger partial charge on any atom is -0.397 e. The number of carbonyl (C=O) groups excluding carboxylic acids is 2. The summed E-state index contributed by atoms with van der Waals surface area (Å²) in [5.41, 5.74) is 9.65. The normalized spacial score (nSPS) is 11.2. The van der Waals surface area contributed by atoms with E-state index in [-0.39, 0.29) is 11.7 Å². The van der Waals surface area contributed by atoms with Gasteiger partial charge in [-0.3, -0.25) is 9.59 Å². The molecule has 3 N–H and O–H groups in total. The van der Waals surface area contributed by atoms with Crippen LogP contribution in [-0.2, 0) is 0 Å². The van der Waals surface area contributed by atoms with Crippen molar-refractivity contribution in [2.24, 2.45) is 0 Å². The van der Waals surface area contributed by atoms with E-state index in [1.165, 1.54) is 11.3 Å². The largest absolute Gasteiger partial charge is 0.397 e. The van der Waals surface area contributed by atoms with Crippen molar-refractivity contribution in [3.8, 4) is 11.3 Å². The second kappa shape index (κ2) is 9.43. The van der Waals surface area contributed by atoms with E-state index in [1.54, 1.807) is 47.8 Å². The smallest absolute Gasteiger partial charge is 0.267 e. The number of ketones is 1. The topological polar surface area (TPSA) is 85.1 Å². The number of thiophene rings is 2. The summed E-state index contributed by atoms with van der Waals surface area (Å²) in [6, 6.07) is 24.4. The lowest BCUT2D eigenvalue weighted by atomic mass is 10.1. The van der Waals surface area contributed by atoms with Gasteiger partial charge in [-0.05, 0) is 60.0 Å². The fraction of sp³-hybridized carbons (Fsp3) is 0. The summed E-state index contributed by atoms with van der Waals surface area (Å²) in [6.45, 7) is 0. The van der Waals surface area contributed by atoms with Gasteiger partial charge in [-0.1, -0.05) is 36.4 Å². The molecule has 5 aromatic rings. The van der Waals surface area contributed by atoms with Gasteiger partial charge >= 0.3 is 0 Å². The Morgan fingerprint density at radius 2 is 1.71 bits per heavy atom. The first-order chi connectivity index (χ1) is 16.6. The molecule has 2 aromatic carbocycles. The van der Waals surface area contributed by atoms with Gasteiger partial charge in [0.05, 0.1) is 11.4 Å². The summed E-state index contributed by atoms with van der Waals surface area (Å²) >= 11 is 2.83. The highest BCUT2D eigenvalue weighted by molar-refractivity contribution is 7.21. The summed E-state index contributed by atoms with van der Waals surface area (Å²) in [5.74, 6) is -0.404. The highest BCUT2D eigenvalue weighted by Crippen LogP contribution is 2.34. The molecule has 3 heterocycles. The third-order valence-electron chi connectivity index (χ3n) is 5.24. The van der Waals surface area contributed by atoms with E-state index in [0.717, 1.165) is 21.5 Å². The van der Waals surface area contributed by atoms with Gasteiger partial charge in [0.1, 0.15) is 9.71 Å². The molecule has 0 fully saturated rings. The van der Waals surface area contributed by atoms with Gasteiger partial charge in [-0.15, -0.1) is 22.7 Å². The maximum Gasteiger partial charge on any atom is 0.267 e. The molecule has 0 bridgehead atoms. The van der Waals surface area contributed by atoms with Crippen LogP contribution >= 0.6 is 22.7 Å². The van der Waals surface area contributed by atoms with Crippen molar-refractivity contribution in [2.45, 2.75) is 0 Å². The first-order valence-electron chi connectivity index (χ1n) is 10.5. The number of allylic oxidation sites excluding steroid dienone is 1. The number of aromatic nitrogens is 1. The highest BCUT2D eigenvalue weighted by atomic mass is 32.1. The maximum atomic E-state index is 12.9. The predicted molar refractivity (Wildman–Crippen MR) is 142 cm³/mol. The number of anilines is 2. The summed E-state index contributed by atoms with van der Waals surface area (Å²) < 4.78 is 0. The molecule has 0 aliphatic carbocycles. The van der Waals surface area contributed by atoms with Crippen LogP contribution in [-0.4, -0.2) is 16.7 Å². The van der Waals surface area contributed by atoms with Crippen molar-refractivity contribution in [3.05, 3.63) is 106 Å². The minimum atomic E-state index is -0.307. The molecule has 0 saturated carbocycles. The zero-order valence-electron chi connectivity index (χ0n) is 17.9. The number of benzene rings is 2. The van der Waals surface area contributed by atoms with E-state index >= 15 is 0 Å². The lowest BCUT2D eigenvalue weighted by Gasteiger charge is -2.05. The van der Waals surface area contributed by atoms with Crippen molar-refractivity contribution in [1.82, 2.24) is 4.98 Å². The number of amides is 1. The Hall–Kier alpha value is -4.07. The van der Waals surface area contributed by atoms with E-state index in [9.17, 15) is 9.59 Å². The Kier molecular flexibility index (Phi) is 6.03. The molecule has 34 heavy (non-hydrogen) atoms. The van der Waals surface area contributed by atoms with Crippen molar-refractivity contribution >= 4 is 62.0 Å². The van der Waals surface area contributed by atoms with Crippen LogP contribution in [0.25, 0.3) is 27.6 Å². The quantitative estimate of drug-likeness (QED) is 0.207. The van der Waals surface area contributed by atoms with Gasteiger partial charge in [0.25, 0.3) is 5.91 Å². The first-order valence-corrected chi connectivity index (χ1v) is 12.2. The lowest BCUT2D eigenvalue weighted by molar-refractivity contribution is 0.102. The Morgan fingerprint density at radius 3 is 2.44 bits per heavy atom. The molecule has 5 rings (SSSR count). The number of hydrogen-bond donors (Lipinski definition) is 2. The van der Waals surface area contributed by atoms with Gasteiger partial charge in [0.2, 0.25) is 0 Å². The molecule has 166 valence electrons. The molecule has 0 radical (unpaired) electrons. The van der Waals surface area contributed by atoms with Crippen LogP contribution < -0.4 is 11.1 Å². The van der Waals surface area contributed by atoms with Gasteiger partial charge in [0.15, 0.2) is 5.78 Å². The molecule has 0 unspecified atom stereocenters. The van der Waals surface area contributed by atoms with Crippen LogP contribution in [0.5, 0.6) is 0 Å². The van der Waals surface area contributed by atoms with E-state index in [4.69, 9.17) is 10.7 Å². The van der Waals surface area contributed by atoms with Crippen molar-refractivity contribution in [3.63, 3.8) is 0 Å². The van der Waals surface area contributed by atoms with E-state index in [2.05, 4.69) is 5.32 Å². The molecule has 0 atom stereocenters. The standard InChI is InChI=1S/C27H19N3O2S2/c28-24-21-13-14-22(17-5-2-1-3-6-17)30-27(21)34-25(24)26(32)29-19-10-8-18(9-11-19)23(31)15-12-20-7-4-16-33-20/h1-16H,28H2,(H,29,32)/b15-12+. The number of carbonyl (C=O) groups is 2. The van der Waals surface area contributed by atoms with Gasteiger partial charge in [0, 0.05) is 27.1 Å². The number of nitrogens with one attached hydrogen (secondary N) is 1. The van der Waals surface area contributed by atoms with Crippen molar-refractivity contribution < 1.29 is 9.59 Å². The maximum absolute atomic E-state index is 12.9. The molecule has 0 saturated heterocycles. The average Bonchev–Trinajstić information content (AvgIpc) is 3.51. The van der Waals surface area contributed by atoms with Crippen LogP contribution in [0.2, 0.25) is 0 Å². The predicted octanol–water partition coefficient (Wildman–Crippen LogP) is 6.76. The number of fused-ring (bicyclic) bond motifs is 1. The second-order valence-corrected chi connectivity index (χ2v) is 9.48. The summed E-state index contributed by atoms with van der Waals surface area (Å²) in [7, 11) is 0. The van der Waals surface area contributed by atoms with Gasteiger partial charge in [-0.25, -0.2) is 4.98 Å². The lowest BCUT2D eigenvalue weighted by Crippen LogP contribution is -2.12. The van der Waals surface area contributed by atoms with Crippen LogP contribution in [0.3, 0.4) is 0 Å². The fourth-order valence-corrected chi connectivity index (χ4v) is 5.09. The summed E-state index contributed by atoms with van der Waals surface area (Å²) in [5, 5.41) is 5.58. The number of nitrogens with zero attached hydrogens (tertiary/aromatic N) is 1. The summed E-state index contributed by atoms with van der Waals surface area (Å²) in [6.07, 6.45) is 3.35. The number of hydrogen-bond acceptors (Lipinski definition) is 6. The van der Waals surface area contributed by atoms with Crippen molar-refractivity contribution in [1.29, 1.82) is 0 Å². The van der Waals surface area contributed by atoms with Crippen molar-refractivity contribution in [2.75, 3.05) is 11.1 Å². The summed E-state index contributed by atoms with van der Waals surface area (Å²) in [4.78, 5) is 32.1. The SMILES string of the molecule is Nc1c(C(=O)Nc2ccc(C(=O)/C=C/c3cccs3)cc2)sc2nc(-c3ccccc3)ccc12. The second-order valence-electron chi connectivity index (χ2n) is 7.50. The monoisotopic (exact) mass is 481 g/mol. The fourth-order valence-electron chi connectivity index (χ4n) is 3.48. The van der Waals surface area contributed by atoms with Crippen LogP contribution in [0.4, 0.5) is 11.4 Å². The van der Waals surface area contributed by atoms with Crippen LogP contribution in [0, 0.1) is 0 Å².